The first kappa shape index (κ1) is 15.9. The summed E-state index contributed by atoms with van der Waals surface area (Å²) in [5.74, 6) is 0. The molecule has 0 radical (unpaired) electrons. The lowest BCUT2D eigenvalue weighted by Crippen LogP contribution is -2.27. The predicted molar refractivity (Wildman–Crippen MR) is 83.5 cm³/mol. The van der Waals surface area contributed by atoms with Gasteiger partial charge >= 0.3 is 0 Å². The predicted octanol–water partition coefficient (Wildman–Crippen LogP) is 2.81. The number of nitrogens with one attached hydrogen (secondary N) is 1. The summed E-state index contributed by atoms with van der Waals surface area (Å²) in [6, 6.07) is 2.46. The van der Waals surface area contributed by atoms with Crippen molar-refractivity contribution in [3.05, 3.63) is 17.0 Å². The molecule has 0 aliphatic heterocycles. The summed E-state index contributed by atoms with van der Waals surface area (Å²) in [6.07, 6.45) is 5.59. The van der Waals surface area contributed by atoms with E-state index in [1.54, 1.807) is 7.05 Å². The Morgan fingerprint density at radius 2 is 2.15 bits per heavy atom. The molecule has 0 unspecified atom stereocenters. The van der Waals surface area contributed by atoms with E-state index >= 15 is 0 Å². The minimum atomic E-state index is -3.30. The van der Waals surface area contributed by atoms with Crippen molar-refractivity contribution < 1.29 is 8.42 Å². The van der Waals surface area contributed by atoms with E-state index in [2.05, 4.69) is 12.2 Å². The molecule has 0 spiro atoms. The Labute approximate surface area is 126 Å². The lowest BCUT2D eigenvalue weighted by atomic mass is 10.2. The van der Waals surface area contributed by atoms with Crippen LogP contribution >= 0.6 is 11.3 Å². The molecule has 20 heavy (non-hydrogen) atoms. The van der Waals surface area contributed by atoms with Gasteiger partial charge in [-0.15, -0.1) is 11.3 Å². The monoisotopic (exact) mass is 316 g/mol. The summed E-state index contributed by atoms with van der Waals surface area (Å²) in [6.45, 7) is 3.49. The molecule has 0 saturated heterocycles. The maximum atomic E-state index is 12.4. The van der Waals surface area contributed by atoms with E-state index in [9.17, 15) is 8.42 Å². The molecule has 114 valence electrons. The van der Waals surface area contributed by atoms with Crippen molar-refractivity contribution in [2.75, 3.05) is 13.6 Å². The van der Waals surface area contributed by atoms with Crippen LogP contribution in [0.4, 0.5) is 0 Å². The lowest BCUT2D eigenvalue weighted by Gasteiger charge is -2.15. The minimum Gasteiger partial charge on any atom is -0.310 e. The molecule has 2 rings (SSSR count). The van der Waals surface area contributed by atoms with Gasteiger partial charge in [-0.3, -0.25) is 0 Å². The smallest absolute Gasteiger partial charge is 0.252 e. The van der Waals surface area contributed by atoms with Crippen LogP contribution in [0.25, 0.3) is 0 Å². The number of thiophene rings is 1. The number of hydrogen-bond donors (Lipinski definition) is 1. The molecule has 1 aromatic heterocycles. The highest BCUT2D eigenvalue weighted by Gasteiger charge is 2.23. The largest absolute Gasteiger partial charge is 0.310 e. The summed E-state index contributed by atoms with van der Waals surface area (Å²) in [5.41, 5.74) is 1.07. The molecule has 1 heterocycles. The van der Waals surface area contributed by atoms with E-state index in [-0.39, 0.29) is 0 Å². The second kappa shape index (κ2) is 7.02. The van der Waals surface area contributed by atoms with E-state index in [0.717, 1.165) is 31.4 Å². The summed E-state index contributed by atoms with van der Waals surface area (Å²) < 4.78 is 26.8. The average Bonchev–Trinajstić information content (AvgIpc) is 3.12. The van der Waals surface area contributed by atoms with Gasteiger partial charge < -0.3 is 5.32 Å². The van der Waals surface area contributed by atoms with Crippen LogP contribution in [0.5, 0.6) is 0 Å². The van der Waals surface area contributed by atoms with E-state index in [1.165, 1.54) is 28.5 Å². The van der Waals surface area contributed by atoms with E-state index in [4.69, 9.17) is 0 Å². The van der Waals surface area contributed by atoms with Crippen molar-refractivity contribution in [2.45, 2.75) is 55.8 Å². The molecule has 1 aliphatic carbocycles. The summed E-state index contributed by atoms with van der Waals surface area (Å²) in [7, 11) is -1.62. The van der Waals surface area contributed by atoms with Gasteiger partial charge in [-0.1, -0.05) is 19.8 Å². The van der Waals surface area contributed by atoms with Gasteiger partial charge in [0.2, 0.25) is 0 Å². The van der Waals surface area contributed by atoms with Gasteiger partial charge in [0.1, 0.15) is 4.21 Å². The van der Waals surface area contributed by atoms with Crippen LogP contribution in [0.1, 0.15) is 44.6 Å². The third-order valence-electron chi connectivity index (χ3n) is 3.54. The van der Waals surface area contributed by atoms with Crippen molar-refractivity contribution in [3.8, 4) is 0 Å². The standard InChI is InChI=1S/C14H24N2O2S2/c1-3-4-5-8-16(2)20(17,18)14-9-12(11-19-14)10-15-13-6-7-13/h9,11,13,15H,3-8,10H2,1-2H3. The average molecular weight is 316 g/mol. The SMILES string of the molecule is CCCCCN(C)S(=O)(=O)c1cc(CNC2CC2)cs1. The first-order valence-electron chi connectivity index (χ1n) is 7.31. The molecule has 1 saturated carbocycles. The number of unbranched alkanes of at least 4 members (excludes halogenated alkanes) is 2. The molecule has 0 aromatic carbocycles. The second-order valence-corrected chi connectivity index (χ2v) is 8.65. The van der Waals surface area contributed by atoms with Gasteiger partial charge in [0.15, 0.2) is 0 Å². The summed E-state index contributed by atoms with van der Waals surface area (Å²) in [5, 5.41) is 5.35. The molecule has 0 atom stereocenters. The molecule has 0 bridgehead atoms. The minimum absolute atomic E-state index is 0.462. The van der Waals surface area contributed by atoms with Crippen LogP contribution in [0.2, 0.25) is 0 Å². The number of sulfonamides is 1. The van der Waals surface area contributed by atoms with Gasteiger partial charge in [0.05, 0.1) is 0 Å². The normalized spacial score (nSPS) is 15.9. The first-order valence-corrected chi connectivity index (χ1v) is 9.63. The van der Waals surface area contributed by atoms with Crippen molar-refractivity contribution in [1.82, 2.24) is 9.62 Å². The first-order chi connectivity index (χ1) is 9.54. The third-order valence-corrected chi connectivity index (χ3v) is 6.86. The zero-order chi connectivity index (χ0) is 14.6. The molecule has 0 amide bonds. The van der Waals surface area contributed by atoms with Gasteiger partial charge in [-0.25, -0.2) is 12.7 Å². The zero-order valence-corrected chi connectivity index (χ0v) is 13.9. The van der Waals surface area contributed by atoms with Crippen LogP contribution in [0.15, 0.2) is 15.7 Å². The molecule has 1 fully saturated rings. The van der Waals surface area contributed by atoms with E-state index in [0.29, 0.717) is 16.8 Å². The molecule has 1 aliphatic rings. The Bertz CT molecular complexity index is 521. The molecular weight excluding hydrogens is 292 g/mol. The van der Waals surface area contributed by atoms with Crippen molar-refractivity contribution in [3.63, 3.8) is 0 Å². The molecule has 1 N–H and O–H groups in total. The van der Waals surface area contributed by atoms with Crippen molar-refractivity contribution in [1.29, 1.82) is 0 Å². The Morgan fingerprint density at radius 1 is 1.40 bits per heavy atom. The summed E-state index contributed by atoms with van der Waals surface area (Å²) in [4.78, 5) is 0. The van der Waals surface area contributed by atoms with E-state index in [1.807, 2.05) is 11.4 Å². The molecule has 4 nitrogen and oxygen atoms in total. The van der Waals surface area contributed by atoms with Gasteiger partial charge in [0.25, 0.3) is 10.0 Å². The number of rotatable bonds is 9. The van der Waals surface area contributed by atoms with Crippen molar-refractivity contribution in [2.24, 2.45) is 0 Å². The van der Waals surface area contributed by atoms with Gasteiger partial charge in [0, 0.05) is 26.2 Å². The Kier molecular flexibility index (Phi) is 5.60. The Balaban J connectivity index is 1.93. The Hall–Kier alpha value is -0.430. The maximum Gasteiger partial charge on any atom is 0.252 e. The highest BCUT2D eigenvalue weighted by Crippen LogP contribution is 2.25. The van der Waals surface area contributed by atoms with Crippen LogP contribution in [-0.2, 0) is 16.6 Å². The highest BCUT2D eigenvalue weighted by atomic mass is 32.2. The maximum absolute atomic E-state index is 12.4. The fourth-order valence-corrected chi connectivity index (χ4v) is 4.62. The summed E-state index contributed by atoms with van der Waals surface area (Å²) >= 11 is 1.33. The van der Waals surface area contributed by atoms with Crippen LogP contribution < -0.4 is 5.32 Å². The highest BCUT2D eigenvalue weighted by molar-refractivity contribution is 7.91. The molecular formula is C14H24N2O2S2. The van der Waals surface area contributed by atoms with Gasteiger partial charge in [-0.2, -0.15) is 0 Å². The van der Waals surface area contributed by atoms with Crippen LogP contribution in [-0.4, -0.2) is 32.4 Å². The number of hydrogen-bond acceptors (Lipinski definition) is 4. The fourth-order valence-electron chi connectivity index (χ4n) is 1.99. The topological polar surface area (TPSA) is 49.4 Å². The second-order valence-electron chi connectivity index (χ2n) is 5.46. The van der Waals surface area contributed by atoms with Crippen molar-refractivity contribution >= 4 is 21.4 Å². The molecule has 6 heteroatoms. The lowest BCUT2D eigenvalue weighted by molar-refractivity contribution is 0.455. The number of nitrogens with zero attached hydrogens (tertiary/aromatic N) is 1. The zero-order valence-electron chi connectivity index (χ0n) is 12.3. The van der Waals surface area contributed by atoms with Crippen LogP contribution in [0, 0.1) is 0 Å². The van der Waals surface area contributed by atoms with Crippen LogP contribution in [0.3, 0.4) is 0 Å². The van der Waals surface area contributed by atoms with E-state index < -0.39 is 10.0 Å². The Morgan fingerprint density at radius 3 is 2.80 bits per heavy atom. The van der Waals surface area contributed by atoms with Gasteiger partial charge in [-0.05, 0) is 36.3 Å². The fraction of sp³-hybridized carbons (Fsp3) is 0.714. The molecule has 1 aromatic rings. The third kappa shape index (κ3) is 4.28. The quantitative estimate of drug-likeness (QED) is 0.713.